The van der Waals surface area contributed by atoms with Gasteiger partial charge in [-0.05, 0) is 48.9 Å². The van der Waals surface area contributed by atoms with E-state index in [1.54, 1.807) is 55.5 Å². The van der Waals surface area contributed by atoms with Crippen molar-refractivity contribution in [3.63, 3.8) is 0 Å². The molecule has 164 valence electrons. The molecule has 4 rings (SSSR count). The Morgan fingerprint density at radius 3 is 2.44 bits per heavy atom. The first kappa shape index (κ1) is 22.1. The number of amides is 1. The number of para-hydroxylation sites is 2. The zero-order valence-electron chi connectivity index (χ0n) is 17.9. The molecule has 0 aliphatic carbocycles. The minimum atomic E-state index is -1.96. The van der Waals surface area contributed by atoms with Gasteiger partial charge in [-0.1, -0.05) is 54.9 Å². The molecule has 0 radical (unpaired) electrons. The second-order valence-electron chi connectivity index (χ2n) is 7.95. The fourth-order valence-corrected chi connectivity index (χ4v) is 4.25. The summed E-state index contributed by atoms with van der Waals surface area (Å²) in [5, 5.41) is 12.1. The number of ether oxygens (including phenoxy) is 1. The van der Waals surface area contributed by atoms with E-state index in [1.807, 2.05) is 31.2 Å². The van der Waals surface area contributed by atoms with Crippen molar-refractivity contribution in [1.82, 2.24) is 0 Å². The number of hydrogen-bond donors (Lipinski definition) is 1. The number of carbonyl (C=O) groups excluding carboxylic acids is 2. The number of nitrogens with zero attached hydrogens (tertiary/aromatic N) is 1. The third-order valence-corrected chi connectivity index (χ3v) is 6.24. The summed E-state index contributed by atoms with van der Waals surface area (Å²) in [6.07, 6.45) is 0. The maximum absolute atomic E-state index is 13.5. The summed E-state index contributed by atoms with van der Waals surface area (Å²) >= 11 is 5.93. The smallest absolute Gasteiger partial charge is 0.264 e. The van der Waals surface area contributed by atoms with Gasteiger partial charge >= 0.3 is 0 Å². The highest BCUT2D eigenvalue weighted by Gasteiger charge is 2.55. The SMILES string of the molecule is Cc1ccccc1OCCN1C(=O)C(O)(C(C)C(=O)c2ccc(Cl)cc2)c2ccccc21. The molecule has 3 aromatic carbocycles. The van der Waals surface area contributed by atoms with Crippen molar-refractivity contribution in [3.8, 4) is 5.75 Å². The third kappa shape index (κ3) is 3.78. The summed E-state index contributed by atoms with van der Waals surface area (Å²) in [7, 11) is 0. The number of rotatable bonds is 7. The van der Waals surface area contributed by atoms with E-state index in [0.29, 0.717) is 21.8 Å². The van der Waals surface area contributed by atoms with E-state index in [0.717, 1.165) is 11.3 Å². The summed E-state index contributed by atoms with van der Waals surface area (Å²) < 4.78 is 5.86. The van der Waals surface area contributed by atoms with Crippen molar-refractivity contribution in [3.05, 3.63) is 94.5 Å². The fourth-order valence-electron chi connectivity index (χ4n) is 4.12. The zero-order valence-corrected chi connectivity index (χ0v) is 18.7. The lowest BCUT2D eigenvalue weighted by atomic mass is 9.79. The summed E-state index contributed by atoms with van der Waals surface area (Å²) in [6, 6.07) is 21.1. The zero-order chi connectivity index (χ0) is 22.9. The number of ketones is 1. The van der Waals surface area contributed by atoms with Crippen molar-refractivity contribution in [1.29, 1.82) is 0 Å². The number of carbonyl (C=O) groups is 2. The number of halogens is 1. The highest BCUT2D eigenvalue weighted by Crippen LogP contribution is 2.45. The van der Waals surface area contributed by atoms with Crippen LogP contribution in [0.5, 0.6) is 5.75 Å². The predicted molar refractivity (Wildman–Crippen MR) is 124 cm³/mol. The molecule has 0 spiro atoms. The maximum atomic E-state index is 13.5. The number of aliphatic hydroxyl groups is 1. The Morgan fingerprint density at radius 2 is 1.72 bits per heavy atom. The molecule has 0 saturated heterocycles. The van der Waals surface area contributed by atoms with Crippen LogP contribution in [-0.4, -0.2) is 29.9 Å². The Balaban J connectivity index is 1.59. The van der Waals surface area contributed by atoms with Crippen LogP contribution in [0.3, 0.4) is 0 Å². The normalized spacial score (nSPS) is 18.4. The molecule has 2 unspecified atom stereocenters. The van der Waals surface area contributed by atoms with Crippen molar-refractivity contribution >= 4 is 29.0 Å². The second kappa shape index (κ2) is 8.77. The Morgan fingerprint density at radius 1 is 1.06 bits per heavy atom. The van der Waals surface area contributed by atoms with Crippen LogP contribution in [0.15, 0.2) is 72.8 Å². The van der Waals surface area contributed by atoms with E-state index in [-0.39, 0.29) is 18.9 Å². The molecule has 2 atom stereocenters. The molecule has 1 heterocycles. The Hall–Kier alpha value is -3.15. The number of benzene rings is 3. The molecular formula is C26H24ClNO4. The van der Waals surface area contributed by atoms with Crippen LogP contribution >= 0.6 is 11.6 Å². The van der Waals surface area contributed by atoms with Gasteiger partial charge in [0, 0.05) is 16.1 Å². The highest BCUT2D eigenvalue weighted by atomic mass is 35.5. The number of aryl methyl sites for hydroxylation is 1. The third-order valence-electron chi connectivity index (χ3n) is 5.99. The standard InChI is InChI=1S/C26H24ClNO4/c1-17-7-3-6-10-23(17)32-16-15-28-22-9-5-4-8-21(22)26(31,25(28)30)18(2)24(29)19-11-13-20(27)14-12-19/h3-14,18,31H,15-16H2,1-2H3. The van der Waals surface area contributed by atoms with Gasteiger partial charge < -0.3 is 14.7 Å². The van der Waals surface area contributed by atoms with E-state index < -0.39 is 17.4 Å². The van der Waals surface area contributed by atoms with Crippen LogP contribution in [0.25, 0.3) is 0 Å². The highest BCUT2D eigenvalue weighted by molar-refractivity contribution is 6.30. The lowest BCUT2D eigenvalue weighted by Crippen LogP contribution is -2.48. The van der Waals surface area contributed by atoms with Crippen molar-refractivity contribution < 1.29 is 19.4 Å². The average Bonchev–Trinajstić information content (AvgIpc) is 3.02. The summed E-state index contributed by atoms with van der Waals surface area (Å²) in [5.74, 6) is -1.10. The molecule has 0 saturated carbocycles. The van der Waals surface area contributed by atoms with Gasteiger partial charge in [-0.25, -0.2) is 0 Å². The van der Waals surface area contributed by atoms with Gasteiger partial charge in [0.1, 0.15) is 12.4 Å². The largest absolute Gasteiger partial charge is 0.491 e. The second-order valence-corrected chi connectivity index (χ2v) is 8.38. The first-order valence-corrected chi connectivity index (χ1v) is 10.8. The van der Waals surface area contributed by atoms with Gasteiger partial charge in [-0.15, -0.1) is 0 Å². The van der Waals surface area contributed by atoms with Crippen LogP contribution in [0, 0.1) is 12.8 Å². The van der Waals surface area contributed by atoms with Gasteiger partial charge in [-0.2, -0.15) is 0 Å². The Kier molecular flexibility index (Phi) is 6.04. The maximum Gasteiger partial charge on any atom is 0.264 e. The van der Waals surface area contributed by atoms with Crippen LogP contribution < -0.4 is 9.64 Å². The molecule has 0 aromatic heterocycles. The van der Waals surface area contributed by atoms with Gasteiger partial charge in [-0.3, -0.25) is 9.59 Å². The Labute approximate surface area is 192 Å². The van der Waals surface area contributed by atoms with Crippen molar-refractivity contribution in [2.24, 2.45) is 5.92 Å². The molecule has 5 nitrogen and oxygen atoms in total. The summed E-state index contributed by atoms with van der Waals surface area (Å²) in [4.78, 5) is 28.1. The molecule has 1 N–H and O–H groups in total. The van der Waals surface area contributed by atoms with E-state index in [9.17, 15) is 14.7 Å². The van der Waals surface area contributed by atoms with E-state index in [4.69, 9.17) is 16.3 Å². The first-order valence-electron chi connectivity index (χ1n) is 10.5. The number of anilines is 1. The molecule has 32 heavy (non-hydrogen) atoms. The van der Waals surface area contributed by atoms with Crippen molar-refractivity contribution in [2.45, 2.75) is 19.4 Å². The predicted octanol–water partition coefficient (Wildman–Crippen LogP) is 4.78. The average molecular weight is 450 g/mol. The summed E-state index contributed by atoms with van der Waals surface area (Å²) in [5.41, 5.74) is 0.441. The lowest BCUT2D eigenvalue weighted by Gasteiger charge is -2.28. The fraction of sp³-hybridized carbons (Fsp3) is 0.231. The van der Waals surface area contributed by atoms with Crippen LogP contribution in [0.2, 0.25) is 5.02 Å². The molecular weight excluding hydrogens is 426 g/mol. The van der Waals surface area contributed by atoms with Crippen LogP contribution in [0.4, 0.5) is 5.69 Å². The molecule has 6 heteroatoms. The quantitative estimate of drug-likeness (QED) is 0.527. The number of fused-ring (bicyclic) bond motifs is 1. The molecule has 1 aliphatic heterocycles. The number of Topliss-reactive ketones (excluding diaryl/α,β-unsaturated/α-hetero) is 1. The minimum Gasteiger partial charge on any atom is -0.491 e. The lowest BCUT2D eigenvalue weighted by molar-refractivity contribution is -0.139. The minimum absolute atomic E-state index is 0.244. The number of hydrogen-bond acceptors (Lipinski definition) is 4. The van der Waals surface area contributed by atoms with Gasteiger partial charge in [0.25, 0.3) is 5.91 Å². The molecule has 1 amide bonds. The monoisotopic (exact) mass is 449 g/mol. The van der Waals surface area contributed by atoms with Crippen LogP contribution in [-0.2, 0) is 10.4 Å². The Bertz CT molecular complexity index is 1160. The van der Waals surface area contributed by atoms with E-state index in [2.05, 4.69) is 0 Å². The molecule has 1 aliphatic rings. The van der Waals surface area contributed by atoms with Gasteiger partial charge in [0.2, 0.25) is 0 Å². The first-order chi connectivity index (χ1) is 15.3. The van der Waals surface area contributed by atoms with Crippen LogP contribution in [0.1, 0.15) is 28.4 Å². The van der Waals surface area contributed by atoms with E-state index >= 15 is 0 Å². The van der Waals surface area contributed by atoms with Gasteiger partial charge in [0.05, 0.1) is 18.2 Å². The van der Waals surface area contributed by atoms with Gasteiger partial charge in [0.15, 0.2) is 11.4 Å². The molecule has 0 bridgehead atoms. The van der Waals surface area contributed by atoms with Crippen molar-refractivity contribution in [2.75, 3.05) is 18.1 Å². The topological polar surface area (TPSA) is 66.8 Å². The van der Waals surface area contributed by atoms with E-state index in [1.165, 1.54) is 4.90 Å². The summed E-state index contributed by atoms with van der Waals surface area (Å²) in [6.45, 7) is 4.03. The molecule has 0 fully saturated rings. The molecule has 3 aromatic rings.